The van der Waals surface area contributed by atoms with E-state index in [0.717, 1.165) is 31.6 Å². The van der Waals surface area contributed by atoms with Crippen molar-refractivity contribution in [2.75, 3.05) is 59.0 Å². The molecule has 1 aromatic carbocycles. The van der Waals surface area contributed by atoms with Crippen molar-refractivity contribution in [3.05, 3.63) is 29.3 Å². The third-order valence-electron chi connectivity index (χ3n) is 6.12. The molecule has 8 heteroatoms. The van der Waals surface area contributed by atoms with Gasteiger partial charge in [-0.1, -0.05) is 33.8 Å². The summed E-state index contributed by atoms with van der Waals surface area (Å²) in [4.78, 5) is 17.7. The number of benzene rings is 1. The molecule has 0 unspecified atom stereocenters. The Kier molecular flexibility index (Phi) is 7.78. The molecule has 174 valence electrons. The number of carbonyl (C=O) groups excluding carboxylic acids is 1. The maximum absolute atomic E-state index is 13.3. The van der Waals surface area contributed by atoms with Crippen LogP contribution in [0.5, 0.6) is 0 Å². The summed E-state index contributed by atoms with van der Waals surface area (Å²) in [5, 5.41) is 0. The fraction of sp³-hybridized carbons (Fsp3) is 0.696. The highest BCUT2D eigenvalue weighted by molar-refractivity contribution is 7.89. The zero-order valence-electron chi connectivity index (χ0n) is 19.4. The second kappa shape index (κ2) is 9.98. The highest BCUT2D eigenvalue weighted by Gasteiger charge is 2.30. The Morgan fingerprint density at radius 2 is 1.68 bits per heavy atom. The Morgan fingerprint density at radius 3 is 2.26 bits per heavy atom. The quantitative estimate of drug-likeness (QED) is 0.665. The average molecular weight is 452 g/mol. The maximum Gasteiger partial charge on any atom is 0.253 e. The Hall–Kier alpha value is -1.48. The predicted octanol–water partition coefficient (Wildman–Crippen LogP) is 2.46. The summed E-state index contributed by atoms with van der Waals surface area (Å²) in [6, 6.07) is 5.14. The van der Waals surface area contributed by atoms with E-state index in [0.29, 0.717) is 56.8 Å². The SMILES string of the molecule is CCc1ccc(C(=O)N2CCN(CCC(C)(C)C)CC2)cc1S(=O)(=O)N1CCOCC1. The van der Waals surface area contributed by atoms with Crippen LogP contribution in [-0.4, -0.2) is 87.5 Å². The molecular weight excluding hydrogens is 414 g/mol. The number of amides is 1. The monoisotopic (exact) mass is 451 g/mol. The predicted molar refractivity (Wildman–Crippen MR) is 122 cm³/mol. The van der Waals surface area contributed by atoms with E-state index in [2.05, 4.69) is 25.7 Å². The maximum atomic E-state index is 13.3. The van der Waals surface area contributed by atoms with Crippen molar-refractivity contribution < 1.29 is 17.9 Å². The van der Waals surface area contributed by atoms with Gasteiger partial charge in [0.2, 0.25) is 10.0 Å². The van der Waals surface area contributed by atoms with Gasteiger partial charge in [-0.05, 0) is 42.5 Å². The van der Waals surface area contributed by atoms with Gasteiger partial charge in [0.25, 0.3) is 5.91 Å². The van der Waals surface area contributed by atoms with Gasteiger partial charge in [-0.15, -0.1) is 0 Å². The van der Waals surface area contributed by atoms with Crippen LogP contribution in [0, 0.1) is 5.41 Å². The first-order chi connectivity index (χ1) is 14.6. The number of hydrogen-bond acceptors (Lipinski definition) is 5. The van der Waals surface area contributed by atoms with E-state index in [1.165, 1.54) is 4.31 Å². The molecule has 3 rings (SSSR count). The van der Waals surface area contributed by atoms with E-state index in [1.54, 1.807) is 18.2 Å². The van der Waals surface area contributed by atoms with Crippen LogP contribution in [0.2, 0.25) is 0 Å². The number of carbonyl (C=O) groups is 1. The average Bonchev–Trinajstić information content (AvgIpc) is 2.77. The fourth-order valence-electron chi connectivity index (χ4n) is 4.00. The smallest absolute Gasteiger partial charge is 0.253 e. The van der Waals surface area contributed by atoms with Crippen molar-refractivity contribution in [1.82, 2.24) is 14.1 Å². The number of hydrogen-bond donors (Lipinski definition) is 0. The molecule has 0 spiro atoms. The van der Waals surface area contributed by atoms with Crippen LogP contribution in [-0.2, 0) is 21.2 Å². The fourth-order valence-corrected chi connectivity index (χ4v) is 5.72. The van der Waals surface area contributed by atoms with Gasteiger partial charge in [0.05, 0.1) is 18.1 Å². The molecule has 2 aliphatic rings. The molecule has 31 heavy (non-hydrogen) atoms. The van der Waals surface area contributed by atoms with Gasteiger partial charge < -0.3 is 9.64 Å². The highest BCUT2D eigenvalue weighted by atomic mass is 32.2. The van der Waals surface area contributed by atoms with Gasteiger partial charge >= 0.3 is 0 Å². The van der Waals surface area contributed by atoms with Gasteiger partial charge in [0.15, 0.2) is 0 Å². The number of nitrogens with zero attached hydrogens (tertiary/aromatic N) is 3. The number of morpholine rings is 1. The largest absolute Gasteiger partial charge is 0.379 e. The molecule has 2 aliphatic heterocycles. The molecule has 0 atom stereocenters. The molecule has 7 nitrogen and oxygen atoms in total. The molecular formula is C23H37N3O4S. The van der Waals surface area contributed by atoms with Crippen LogP contribution in [0.15, 0.2) is 23.1 Å². The van der Waals surface area contributed by atoms with Crippen molar-refractivity contribution in [3.63, 3.8) is 0 Å². The molecule has 2 heterocycles. The number of piperazine rings is 1. The lowest BCUT2D eigenvalue weighted by Crippen LogP contribution is -2.49. The van der Waals surface area contributed by atoms with Crippen LogP contribution < -0.4 is 0 Å². The van der Waals surface area contributed by atoms with E-state index in [4.69, 9.17) is 4.74 Å². The topological polar surface area (TPSA) is 70.2 Å². The molecule has 1 amide bonds. The number of rotatable bonds is 6. The third kappa shape index (κ3) is 6.06. The normalized spacial score (nSPS) is 19.5. The standard InChI is InChI=1S/C23H37N3O4S/c1-5-19-6-7-20(18-21(19)31(28,29)26-14-16-30-17-15-26)22(27)25-12-10-24(11-13-25)9-8-23(2,3)4/h6-7,18H,5,8-17H2,1-4H3. The van der Waals surface area contributed by atoms with Crippen molar-refractivity contribution in [3.8, 4) is 0 Å². The number of sulfonamides is 1. The van der Waals surface area contributed by atoms with Crippen LogP contribution in [0.3, 0.4) is 0 Å². The summed E-state index contributed by atoms with van der Waals surface area (Å²) in [6.07, 6.45) is 1.72. The Labute approximate surface area is 187 Å². The first-order valence-electron chi connectivity index (χ1n) is 11.3. The van der Waals surface area contributed by atoms with Crippen LogP contribution in [0.1, 0.15) is 50.0 Å². The second-order valence-electron chi connectivity index (χ2n) is 9.64. The lowest BCUT2D eigenvalue weighted by atomic mass is 9.92. The van der Waals surface area contributed by atoms with E-state index in [9.17, 15) is 13.2 Å². The van der Waals surface area contributed by atoms with E-state index in [1.807, 2.05) is 11.8 Å². The minimum atomic E-state index is -3.65. The highest BCUT2D eigenvalue weighted by Crippen LogP contribution is 2.25. The summed E-state index contributed by atoms with van der Waals surface area (Å²) in [7, 11) is -3.65. The summed E-state index contributed by atoms with van der Waals surface area (Å²) in [6.45, 7) is 14.3. The number of ether oxygens (including phenoxy) is 1. The molecule has 2 saturated heterocycles. The van der Waals surface area contributed by atoms with Crippen molar-refractivity contribution in [1.29, 1.82) is 0 Å². The van der Waals surface area contributed by atoms with E-state index < -0.39 is 10.0 Å². The molecule has 1 aromatic rings. The lowest BCUT2D eigenvalue weighted by molar-refractivity contribution is 0.0623. The Morgan fingerprint density at radius 1 is 1.03 bits per heavy atom. The summed E-state index contributed by atoms with van der Waals surface area (Å²) < 4.78 is 33.3. The zero-order chi connectivity index (χ0) is 22.6. The van der Waals surface area contributed by atoms with E-state index in [-0.39, 0.29) is 10.8 Å². The minimum Gasteiger partial charge on any atom is -0.379 e. The summed E-state index contributed by atoms with van der Waals surface area (Å²) >= 11 is 0. The second-order valence-corrected chi connectivity index (χ2v) is 11.5. The van der Waals surface area contributed by atoms with Gasteiger partial charge in [-0.25, -0.2) is 8.42 Å². The lowest BCUT2D eigenvalue weighted by Gasteiger charge is -2.36. The number of aryl methyl sites for hydroxylation is 1. The van der Waals surface area contributed by atoms with Crippen molar-refractivity contribution >= 4 is 15.9 Å². The first kappa shape index (κ1) is 24.2. The van der Waals surface area contributed by atoms with Crippen molar-refractivity contribution in [2.24, 2.45) is 5.41 Å². The summed E-state index contributed by atoms with van der Waals surface area (Å²) in [5.74, 6) is -0.0865. The zero-order valence-corrected chi connectivity index (χ0v) is 20.2. The minimum absolute atomic E-state index is 0.0865. The summed E-state index contributed by atoms with van der Waals surface area (Å²) in [5.41, 5.74) is 1.50. The van der Waals surface area contributed by atoms with Crippen LogP contribution >= 0.6 is 0 Å². The molecule has 2 fully saturated rings. The molecule has 0 aliphatic carbocycles. The molecule has 0 aromatic heterocycles. The molecule has 0 bridgehead atoms. The molecule has 0 N–H and O–H groups in total. The van der Waals surface area contributed by atoms with Gasteiger partial charge in [-0.3, -0.25) is 9.69 Å². The van der Waals surface area contributed by atoms with Crippen LogP contribution in [0.4, 0.5) is 0 Å². The Bertz CT molecular complexity index is 865. The van der Waals surface area contributed by atoms with Gasteiger partial charge in [-0.2, -0.15) is 4.31 Å². The Balaban J connectivity index is 1.72. The van der Waals surface area contributed by atoms with Crippen LogP contribution in [0.25, 0.3) is 0 Å². The molecule has 0 saturated carbocycles. The first-order valence-corrected chi connectivity index (χ1v) is 12.8. The molecule has 0 radical (unpaired) electrons. The van der Waals surface area contributed by atoms with Gasteiger partial charge in [0, 0.05) is 44.8 Å². The van der Waals surface area contributed by atoms with Gasteiger partial charge in [0.1, 0.15) is 0 Å². The van der Waals surface area contributed by atoms with Crippen molar-refractivity contribution in [2.45, 2.75) is 45.4 Å². The third-order valence-corrected chi connectivity index (χ3v) is 8.10. The van der Waals surface area contributed by atoms with E-state index >= 15 is 0 Å².